The summed E-state index contributed by atoms with van der Waals surface area (Å²) >= 11 is 0. The molecular weight excluding hydrogens is 264 g/mol. The molecule has 1 aliphatic carbocycles. The lowest BCUT2D eigenvalue weighted by molar-refractivity contribution is -0.179. The van der Waals surface area contributed by atoms with Crippen LogP contribution < -0.4 is 0 Å². The van der Waals surface area contributed by atoms with Gasteiger partial charge in [-0.3, -0.25) is 0 Å². The van der Waals surface area contributed by atoms with Crippen LogP contribution >= 0.6 is 0 Å². The van der Waals surface area contributed by atoms with Crippen LogP contribution in [0.1, 0.15) is 46.5 Å². The first-order chi connectivity index (χ1) is 9.45. The highest BCUT2D eigenvalue weighted by molar-refractivity contribution is 5.80. The SMILES string of the molecule is CCOC(=O)C(C)OC(=O)C(C)OC1CCCCC1O. The van der Waals surface area contributed by atoms with Gasteiger partial charge in [0.05, 0.1) is 18.8 Å². The van der Waals surface area contributed by atoms with Crippen molar-refractivity contribution in [3.8, 4) is 0 Å². The van der Waals surface area contributed by atoms with E-state index in [4.69, 9.17) is 14.2 Å². The minimum Gasteiger partial charge on any atom is -0.463 e. The molecule has 20 heavy (non-hydrogen) atoms. The number of ether oxygens (including phenoxy) is 3. The number of hydrogen-bond donors (Lipinski definition) is 1. The summed E-state index contributed by atoms with van der Waals surface area (Å²) in [7, 11) is 0. The molecule has 0 aromatic heterocycles. The highest BCUT2D eigenvalue weighted by atomic mass is 16.6. The zero-order valence-electron chi connectivity index (χ0n) is 12.3. The van der Waals surface area contributed by atoms with Crippen LogP contribution in [0.3, 0.4) is 0 Å². The van der Waals surface area contributed by atoms with Gasteiger partial charge in [-0.05, 0) is 33.6 Å². The molecule has 0 aliphatic heterocycles. The Kier molecular flexibility index (Phi) is 6.95. The summed E-state index contributed by atoms with van der Waals surface area (Å²) < 4.78 is 15.3. The summed E-state index contributed by atoms with van der Waals surface area (Å²) in [4.78, 5) is 23.2. The molecule has 0 spiro atoms. The van der Waals surface area contributed by atoms with Crippen LogP contribution in [0.2, 0.25) is 0 Å². The molecule has 0 amide bonds. The Hall–Kier alpha value is -1.14. The topological polar surface area (TPSA) is 82.1 Å². The number of aliphatic hydroxyl groups is 1. The zero-order valence-corrected chi connectivity index (χ0v) is 12.3. The van der Waals surface area contributed by atoms with Crippen molar-refractivity contribution in [3.63, 3.8) is 0 Å². The lowest BCUT2D eigenvalue weighted by Gasteiger charge is -2.29. The van der Waals surface area contributed by atoms with Gasteiger partial charge in [-0.15, -0.1) is 0 Å². The number of aliphatic hydroxyl groups excluding tert-OH is 1. The van der Waals surface area contributed by atoms with Crippen molar-refractivity contribution in [2.24, 2.45) is 0 Å². The van der Waals surface area contributed by atoms with Crippen molar-refractivity contribution in [2.75, 3.05) is 6.61 Å². The minimum absolute atomic E-state index is 0.237. The summed E-state index contributed by atoms with van der Waals surface area (Å²) in [5.74, 6) is -1.20. The molecule has 0 radical (unpaired) electrons. The van der Waals surface area contributed by atoms with E-state index in [1.54, 1.807) is 13.8 Å². The number of esters is 2. The Labute approximate surface area is 119 Å². The highest BCUT2D eigenvalue weighted by Crippen LogP contribution is 2.22. The van der Waals surface area contributed by atoms with Gasteiger partial charge in [0.25, 0.3) is 0 Å². The maximum Gasteiger partial charge on any atom is 0.347 e. The Balaban J connectivity index is 2.40. The molecule has 4 atom stereocenters. The molecule has 0 saturated heterocycles. The molecular formula is C14H24O6. The van der Waals surface area contributed by atoms with Gasteiger partial charge in [0.2, 0.25) is 0 Å². The first-order valence-corrected chi connectivity index (χ1v) is 7.16. The maximum atomic E-state index is 11.8. The Morgan fingerprint density at radius 1 is 1.15 bits per heavy atom. The second-order valence-electron chi connectivity index (χ2n) is 5.00. The van der Waals surface area contributed by atoms with Crippen LogP contribution in [-0.4, -0.2) is 48.1 Å². The predicted octanol–water partition coefficient (Wildman–Crippen LogP) is 1.19. The van der Waals surface area contributed by atoms with Gasteiger partial charge in [0, 0.05) is 0 Å². The summed E-state index contributed by atoms with van der Waals surface area (Å²) in [6, 6.07) is 0. The molecule has 0 aromatic carbocycles. The van der Waals surface area contributed by atoms with Gasteiger partial charge in [-0.25, -0.2) is 9.59 Å². The third kappa shape index (κ3) is 5.09. The standard InChI is InChI=1S/C14H24O6/c1-4-18-13(16)9(2)20-14(17)10(3)19-12-8-6-5-7-11(12)15/h9-12,15H,4-8H2,1-3H3. The van der Waals surface area contributed by atoms with E-state index in [1.807, 2.05) is 0 Å². The number of hydrogen-bond acceptors (Lipinski definition) is 6. The summed E-state index contributed by atoms with van der Waals surface area (Å²) in [5, 5.41) is 9.79. The normalized spacial score (nSPS) is 25.6. The van der Waals surface area contributed by atoms with Gasteiger partial charge in [-0.2, -0.15) is 0 Å². The largest absolute Gasteiger partial charge is 0.463 e. The first-order valence-electron chi connectivity index (χ1n) is 7.16. The lowest BCUT2D eigenvalue weighted by atomic mass is 9.95. The number of carbonyl (C=O) groups excluding carboxylic acids is 2. The van der Waals surface area contributed by atoms with E-state index < -0.39 is 30.3 Å². The van der Waals surface area contributed by atoms with Crippen LogP contribution in [0.15, 0.2) is 0 Å². The van der Waals surface area contributed by atoms with E-state index in [9.17, 15) is 14.7 Å². The van der Waals surface area contributed by atoms with Crippen LogP contribution in [0, 0.1) is 0 Å². The number of rotatable bonds is 6. The van der Waals surface area contributed by atoms with Gasteiger partial charge in [0.15, 0.2) is 12.2 Å². The van der Waals surface area contributed by atoms with E-state index in [0.717, 1.165) is 19.3 Å². The van der Waals surface area contributed by atoms with Crippen molar-refractivity contribution in [1.82, 2.24) is 0 Å². The molecule has 1 rings (SSSR count). The van der Waals surface area contributed by atoms with Gasteiger partial charge >= 0.3 is 11.9 Å². The molecule has 0 bridgehead atoms. The van der Waals surface area contributed by atoms with Crippen molar-refractivity contribution in [2.45, 2.75) is 70.9 Å². The van der Waals surface area contributed by atoms with Crippen molar-refractivity contribution in [1.29, 1.82) is 0 Å². The quantitative estimate of drug-likeness (QED) is 0.739. The minimum atomic E-state index is -0.954. The average molecular weight is 288 g/mol. The Bertz CT molecular complexity index is 330. The third-order valence-electron chi connectivity index (χ3n) is 3.29. The average Bonchev–Trinajstić information content (AvgIpc) is 2.41. The predicted molar refractivity (Wildman–Crippen MR) is 71.0 cm³/mol. The fraction of sp³-hybridized carbons (Fsp3) is 0.857. The van der Waals surface area contributed by atoms with Crippen LogP contribution in [0.5, 0.6) is 0 Å². The van der Waals surface area contributed by atoms with E-state index in [2.05, 4.69) is 0 Å². The Morgan fingerprint density at radius 3 is 2.40 bits per heavy atom. The second kappa shape index (κ2) is 8.21. The van der Waals surface area contributed by atoms with E-state index in [0.29, 0.717) is 6.42 Å². The van der Waals surface area contributed by atoms with Gasteiger partial charge in [0.1, 0.15) is 0 Å². The number of carbonyl (C=O) groups is 2. The van der Waals surface area contributed by atoms with Crippen molar-refractivity contribution >= 4 is 11.9 Å². The molecule has 6 nitrogen and oxygen atoms in total. The van der Waals surface area contributed by atoms with E-state index in [-0.39, 0.29) is 12.7 Å². The maximum absolute atomic E-state index is 11.8. The van der Waals surface area contributed by atoms with Crippen molar-refractivity contribution < 1.29 is 28.9 Å². The van der Waals surface area contributed by atoms with Crippen LogP contribution in [0.4, 0.5) is 0 Å². The third-order valence-corrected chi connectivity index (χ3v) is 3.29. The highest BCUT2D eigenvalue weighted by Gasteiger charge is 2.29. The van der Waals surface area contributed by atoms with Crippen LogP contribution in [0.25, 0.3) is 0 Å². The zero-order chi connectivity index (χ0) is 15.1. The molecule has 4 unspecified atom stereocenters. The fourth-order valence-corrected chi connectivity index (χ4v) is 2.13. The summed E-state index contributed by atoms with van der Waals surface area (Å²) in [5.41, 5.74) is 0. The molecule has 0 heterocycles. The fourth-order valence-electron chi connectivity index (χ4n) is 2.13. The van der Waals surface area contributed by atoms with Gasteiger partial charge < -0.3 is 19.3 Å². The molecule has 1 saturated carbocycles. The Morgan fingerprint density at radius 2 is 1.80 bits per heavy atom. The molecule has 1 N–H and O–H groups in total. The summed E-state index contributed by atoms with van der Waals surface area (Å²) in [6.45, 7) is 4.93. The van der Waals surface area contributed by atoms with E-state index in [1.165, 1.54) is 6.92 Å². The molecule has 0 aromatic rings. The molecule has 116 valence electrons. The molecule has 1 aliphatic rings. The van der Waals surface area contributed by atoms with Gasteiger partial charge in [-0.1, -0.05) is 12.8 Å². The smallest absolute Gasteiger partial charge is 0.347 e. The second-order valence-corrected chi connectivity index (χ2v) is 5.00. The van der Waals surface area contributed by atoms with Crippen LogP contribution in [-0.2, 0) is 23.8 Å². The lowest BCUT2D eigenvalue weighted by Crippen LogP contribution is -2.39. The molecule has 6 heteroatoms. The monoisotopic (exact) mass is 288 g/mol. The van der Waals surface area contributed by atoms with E-state index >= 15 is 0 Å². The molecule has 1 fully saturated rings. The summed E-state index contributed by atoms with van der Waals surface area (Å²) in [6.07, 6.45) is 0.709. The van der Waals surface area contributed by atoms with Crippen molar-refractivity contribution in [3.05, 3.63) is 0 Å². The first kappa shape index (κ1) is 16.9.